The number of nitrogens with zero attached hydrogens (tertiary/aromatic N) is 4. The van der Waals surface area contributed by atoms with E-state index in [0.29, 0.717) is 18.3 Å². The van der Waals surface area contributed by atoms with Crippen molar-refractivity contribution >= 4 is 11.8 Å². The van der Waals surface area contributed by atoms with Gasteiger partial charge in [0.05, 0.1) is 13.3 Å². The Kier molecular flexibility index (Phi) is 6.56. The first-order valence-corrected chi connectivity index (χ1v) is 7.63. The topological polar surface area (TPSA) is 75.2 Å². The summed E-state index contributed by atoms with van der Waals surface area (Å²) in [6, 6.07) is 7.88. The molecule has 0 saturated carbocycles. The minimum absolute atomic E-state index is 0.536. The lowest BCUT2D eigenvalue weighted by Gasteiger charge is -2.11. The zero-order chi connectivity index (χ0) is 16.5. The predicted molar refractivity (Wildman–Crippen MR) is 91.8 cm³/mol. The fourth-order valence-electron chi connectivity index (χ4n) is 2.09. The van der Waals surface area contributed by atoms with Gasteiger partial charge in [-0.25, -0.2) is 0 Å². The van der Waals surface area contributed by atoms with Crippen LogP contribution in [-0.2, 0) is 6.54 Å². The fraction of sp³-hybridized carbons (Fsp3) is 0.438. The third-order valence-electron chi connectivity index (χ3n) is 3.28. The number of methoxy groups -OCH3 is 1. The molecule has 2 aromatic rings. The Morgan fingerprint density at radius 2 is 2.00 bits per heavy atom. The van der Waals surface area contributed by atoms with Crippen molar-refractivity contribution < 1.29 is 4.74 Å². The molecule has 0 amide bonds. The fourth-order valence-corrected chi connectivity index (χ4v) is 2.09. The summed E-state index contributed by atoms with van der Waals surface area (Å²) in [7, 11) is 5.78. The van der Waals surface area contributed by atoms with Gasteiger partial charge in [-0.1, -0.05) is 18.2 Å². The zero-order valence-corrected chi connectivity index (χ0v) is 13.9. The SMILES string of the molecule is COc1ccccc1CNc1cnnc(NCCCN(C)C)n1. The first kappa shape index (κ1) is 17.0. The van der Waals surface area contributed by atoms with Crippen molar-refractivity contribution in [2.24, 2.45) is 0 Å². The van der Waals surface area contributed by atoms with Crippen LogP contribution in [0.25, 0.3) is 0 Å². The van der Waals surface area contributed by atoms with E-state index < -0.39 is 0 Å². The quantitative estimate of drug-likeness (QED) is 0.684. The highest BCUT2D eigenvalue weighted by atomic mass is 16.5. The molecular weight excluding hydrogens is 292 g/mol. The molecule has 0 aliphatic heterocycles. The van der Waals surface area contributed by atoms with Crippen molar-refractivity contribution in [3.05, 3.63) is 36.0 Å². The molecule has 0 saturated heterocycles. The molecule has 124 valence electrons. The van der Waals surface area contributed by atoms with E-state index in [1.807, 2.05) is 24.3 Å². The maximum absolute atomic E-state index is 5.34. The molecule has 1 aromatic carbocycles. The Morgan fingerprint density at radius 1 is 1.17 bits per heavy atom. The van der Waals surface area contributed by atoms with E-state index in [1.165, 1.54) is 0 Å². The van der Waals surface area contributed by atoms with Gasteiger partial charge in [-0.3, -0.25) is 0 Å². The van der Waals surface area contributed by atoms with Crippen molar-refractivity contribution in [2.75, 3.05) is 44.9 Å². The first-order chi connectivity index (χ1) is 11.2. The molecule has 0 bridgehead atoms. The van der Waals surface area contributed by atoms with Gasteiger partial charge in [0.15, 0.2) is 5.82 Å². The summed E-state index contributed by atoms with van der Waals surface area (Å²) in [5.41, 5.74) is 1.06. The van der Waals surface area contributed by atoms with Crippen LogP contribution in [0, 0.1) is 0 Å². The van der Waals surface area contributed by atoms with E-state index >= 15 is 0 Å². The van der Waals surface area contributed by atoms with Gasteiger partial charge >= 0.3 is 0 Å². The molecule has 2 N–H and O–H groups in total. The predicted octanol–water partition coefficient (Wildman–Crippen LogP) is 1.86. The van der Waals surface area contributed by atoms with Crippen LogP contribution in [-0.4, -0.2) is 54.4 Å². The molecule has 0 radical (unpaired) electrons. The number of hydrogen-bond donors (Lipinski definition) is 2. The van der Waals surface area contributed by atoms with E-state index in [9.17, 15) is 0 Å². The maximum atomic E-state index is 5.34. The molecule has 0 atom stereocenters. The van der Waals surface area contributed by atoms with Crippen LogP contribution in [0.3, 0.4) is 0 Å². The highest BCUT2D eigenvalue weighted by molar-refractivity contribution is 5.40. The van der Waals surface area contributed by atoms with Crippen molar-refractivity contribution in [3.63, 3.8) is 0 Å². The van der Waals surface area contributed by atoms with E-state index in [-0.39, 0.29) is 0 Å². The number of anilines is 2. The molecule has 1 heterocycles. The maximum Gasteiger partial charge on any atom is 0.244 e. The molecule has 23 heavy (non-hydrogen) atoms. The number of hydrogen-bond acceptors (Lipinski definition) is 7. The van der Waals surface area contributed by atoms with Crippen LogP contribution in [0.5, 0.6) is 5.75 Å². The lowest BCUT2D eigenvalue weighted by Crippen LogP contribution is -2.17. The van der Waals surface area contributed by atoms with Crippen molar-refractivity contribution in [2.45, 2.75) is 13.0 Å². The third kappa shape index (κ3) is 5.71. The Balaban J connectivity index is 1.87. The minimum atomic E-state index is 0.536. The summed E-state index contributed by atoms with van der Waals surface area (Å²) in [5, 5.41) is 14.4. The van der Waals surface area contributed by atoms with Crippen LogP contribution in [0.4, 0.5) is 11.8 Å². The largest absolute Gasteiger partial charge is 0.496 e. The smallest absolute Gasteiger partial charge is 0.244 e. The Hall–Kier alpha value is -2.41. The highest BCUT2D eigenvalue weighted by Gasteiger charge is 2.04. The van der Waals surface area contributed by atoms with Gasteiger partial charge < -0.3 is 20.3 Å². The molecule has 0 aliphatic rings. The third-order valence-corrected chi connectivity index (χ3v) is 3.28. The van der Waals surface area contributed by atoms with Crippen LogP contribution < -0.4 is 15.4 Å². The molecular formula is C16H24N6O. The van der Waals surface area contributed by atoms with E-state index in [4.69, 9.17) is 4.74 Å². The van der Waals surface area contributed by atoms with E-state index in [0.717, 1.165) is 30.8 Å². The number of nitrogens with one attached hydrogen (secondary N) is 2. The van der Waals surface area contributed by atoms with Crippen LogP contribution >= 0.6 is 0 Å². The number of benzene rings is 1. The summed E-state index contributed by atoms with van der Waals surface area (Å²) in [4.78, 5) is 6.55. The number of rotatable bonds is 9. The molecule has 0 unspecified atom stereocenters. The normalized spacial score (nSPS) is 10.6. The first-order valence-electron chi connectivity index (χ1n) is 7.63. The van der Waals surface area contributed by atoms with E-state index in [2.05, 4.69) is 44.8 Å². The lowest BCUT2D eigenvalue weighted by molar-refractivity contribution is 0.405. The number of aromatic nitrogens is 3. The van der Waals surface area contributed by atoms with Gasteiger partial charge in [-0.2, -0.15) is 10.1 Å². The Morgan fingerprint density at radius 3 is 2.78 bits per heavy atom. The standard InChI is InChI=1S/C16H24N6O/c1-22(2)10-6-9-17-16-20-15(12-19-21-16)18-11-13-7-4-5-8-14(13)23-3/h4-5,7-8,12H,6,9-11H2,1-3H3,(H2,17,18,20,21). The number of ether oxygens (including phenoxy) is 1. The average molecular weight is 316 g/mol. The van der Waals surface area contributed by atoms with Crippen LogP contribution in [0.15, 0.2) is 30.5 Å². The highest BCUT2D eigenvalue weighted by Crippen LogP contribution is 2.18. The van der Waals surface area contributed by atoms with Gasteiger partial charge in [0, 0.05) is 18.7 Å². The van der Waals surface area contributed by atoms with Gasteiger partial charge in [-0.05, 0) is 33.1 Å². The van der Waals surface area contributed by atoms with Crippen LogP contribution in [0.2, 0.25) is 0 Å². The van der Waals surface area contributed by atoms with Gasteiger partial charge in [0.2, 0.25) is 5.95 Å². The van der Waals surface area contributed by atoms with Crippen molar-refractivity contribution in [1.29, 1.82) is 0 Å². The second-order valence-electron chi connectivity index (χ2n) is 5.41. The van der Waals surface area contributed by atoms with Crippen LogP contribution in [0.1, 0.15) is 12.0 Å². The second kappa shape index (κ2) is 8.89. The number of para-hydroxylation sites is 1. The summed E-state index contributed by atoms with van der Waals surface area (Å²) in [5.74, 6) is 2.07. The molecule has 0 fully saturated rings. The molecule has 7 heteroatoms. The Bertz CT molecular complexity index is 605. The molecule has 1 aromatic heterocycles. The summed E-state index contributed by atoms with van der Waals surface area (Å²) < 4.78 is 5.34. The van der Waals surface area contributed by atoms with Crippen molar-refractivity contribution in [1.82, 2.24) is 20.1 Å². The average Bonchev–Trinajstić information content (AvgIpc) is 2.57. The molecule has 0 aliphatic carbocycles. The van der Waals surface area contributed by atoms with E-state index in [1.54, 1.807) is 13.3 Å². The molecule has 0 spiro atoms. The summed E-state index contributed by atoms with van der Waals surface area (Å²) >= 11 is 0. The zero-order valence-electron chi connectivity index (χ0n) is 13.9. The van der Waals surface area contributed by atoms with Crippen molar-refractivity contribution in [3.8, 4) is 5.75 Å². The summed E-state index contributed by atoms with van der Waals surface area (Å²) in [6.45, 7) is 2.45. The van der Waals surface area contributed by atoms with Gasteiger partial charge in [-0.15, -0.1) is 5.10 Å². The summed E-state index contributed by atoms with van der Waals surface area (Å²) in [6.07, 6.45) is 2.63. The molecule has 2 rings (SSSR count). The Labute approximate surface area is 137 Å². The van der Waals surface area contributed by atoms with Gasteiger partial charge in [0.25, 0.3) is 0 Å². The second-order valence-corrected chi connectivity index (χ2v) is 5.41. The molecule has 7 nitrogen and oxygen atoms in total. The van der Waals surface area contributed by atoms with Gasteiger partial charge in [0.1, 0.15) is 5.75 Å². The minimum Gasteiger partial charge on any atom is -0.496 e. The monoisotopic (exact) mass is 316 g/mol. The lowest BCUT2D eigenvalue weighted by atomic mass is 10.2.